The van der Waals surface area contributed by atoms with Crippen LogP contribution in [0.1, 0.15) is 50.7 Å². The van der Waals surface area contributed by atoms with Crippen LogP contribution in [0.5, 0.6) is 0 Å². The summed E-state index contributed by atoms with van der Waals surface area (Å²) >= 11 is 0. The van der Waals surface area contributed by atoms with Crippen molar-refractivity contribution < 1.29 is 4.79 Å². The third-order valence-electron chi connectivity index (χ3n) is 5.68. The quantitative estimate of drug-likeness (QED) is 0.841. The first-order valence-electron chi connectivity index (χ1n) is 9.50. The molecule has 2 saturated heterocycles. The van der Waals surface area contributed by atoms with Gasteiger partial charge in [0.2, 0.25) is 5.91 Å². The zero-order valence-electron chi connectivity index (χ0n) is 15.6. The van der Waals surface area contributed by atoms with E-state index >= 15 is 0 Å². The summed E-state index contributed by atoms with van der Waals surface area (Å²) in [6.45, 7) is 11.7. The average molecular weight is 329 g/mol. The molecule has 24 heavy (non-hydrogen) atoms. The van der Waals surface area contributed by atoms with Crippen molar-refractivity contribution in [3.8, 4) is 0 Å². The molecule has 3 nitrogen and oxygen atoms in total. The predicted octanol–water partition coefficient (Wildman–Crippen LogP) is 3.86. The highest BCUT2D eigenvalue weighted by atomic mass is 16.2. The molecule has 0 atom stereocenters. The summed E-state index contributed by atoms with van der Waals surface area (Å²) in [5, 5.41) is 0. The molecule has 2 heterocycles. The standard InChI is InChI=1S/C21H32N2O/c1-17-5-7-18(8-6-17)15-22-13-9-19(10-14-22)20(24)23-12-4-11-21(2,3)16-23/h5-8,19H,4,9-16H2,1-3H3. The lowest BCUT2D eigenvalue weighted by Crippen LogP contribution is -2.48. The molecule has 0 radical (unpaired) electrons. The van der Waals surface area contributed by atoms with Crippen molar-refractivity contribution in [1.29, 1.82) is 0 Å². The number of benzene rings is 1. The van der Waals surface area contributed by atoms with Crippen LogP contribution in [0.3, 0.4) is 0 Å². The Balaban J connectivity index is 1.49. The van der Waals surface area contributed by atoms with Crippen molar-refractivity contribution in [3.05, 3.63) is 35.4 Å². The third kappa shape index (κ3) is 4.38. The van der Waals surface area contributed by atoms with Crippen molar-refractivity contribution in [1.82, 2.24) is 9.80 Å². The predicted molar refractivity (Wildman–Crippen MR) is 98.8 cm³/mol. The Kier molecular flexibility index (Phi) is 5.29. The number of carbonyl (C=O) groups excluding carboxylic acids is 1. The lowest BCUT2D eigenvalue weighted by atomic mass is 9.83. The van der Waals surface area contributed by atoms with E-state index < -0.39 is 0 Å². The zero-order valence-corrected chi connectivity index (χ0v) is 15.6. The lowest BCUT2D eigenvalue weighted by Gasteiger charge is -2.41. The molecule has 132 valence electrons. The SMILES string of the molecule is Cc1ccc(CN2CCC(C(=O)N3CCCC(C)(C)C3)CC2)cc1. The van der Waals surface area contributed by atoms with Gasteiger partial charge in [-0.1, -0.05) is 43.7 Å². The van der Waals surface area contributed by atoms with Gasteiger partial charge in [-0.2, -0.15) is 0 Å². The highest BCUT2D eigenvalue weighted by Gasteiger charge is 2.33. The van der Waals surface area contributed by atoms with Crippen LogP contribution in [0, 0.1) is 18.3 Å². The van der Waals surface area contributed by atoms with Crippen molar-refractivity contribution >= 4 is 5.91 Å². The van der Waals surface area contributed by atoms with Crippen molar-refractivity contribution in [2.45, 2.75) is 53.0 Å². The minimum Gasteiger partial charge on any atom is -0.342 e. The van der Waals surface area contributed by atoms with Gasteiger partial charge >= 0.3 is 0 Å². The fraction of sp³-hybridized carbons (Fsp3) is 0.667. The topological polar surface area (TPSA) is 23.6 Å². The number of rotatable bonds is 3. The first-order valence-corrected chi connectivity index (χ1v) is 9.50. The number of piperidine rings is 2. The van der Waals surface area contributed by atoms with E-state index in [9.17, 15) is 4.79 Å². The number of amides is 1. The third-order valence-corrected chi connectivity index (χ3v) is 5.68. The van der Waals surface area contributed by atoms with Gasteiger partial charge in [0.15, 0.2) is 0 Å². The van der Waals surface area contributed by atoms with Crippen LogP contribution < -0.4 is 0 Å². The summed E-state index contributed by atoms with van der Waals surface area (Å²) in [4.78, 5) is 17.5. The normalized spacial score (nSPS) is 22.5. The molecule has 2 aliphatic rings. The number of aryl methyl sites for hydroxylation is 1. The van der Waals surface area contributed by atoms with Crippen LogP contribution in [0.2, 0.25) is 0 Å². The van der Waals surface area contributed by atoms with E-state index in [1.807, 2.05) is 0 Å². The lowest BCUT2D eigenvalue weighted by molar-refractivity contribution is -0.140. The molecular weight excluding hydrogens is 296 g/mol. The monoisotopic (exact) mass is 328 g/mol. The number of hydrogen-bond donors (Lipinski definition) is 0. The first kappa shape index (κ1) is 17.5. The van der Waals surface area contributed by atoms with Crippen molar-refractivity contribution in [2.75, 3.05) is 26.2 Å². The summed E-state index contributed by atoms with van der Waals surface area (Å²) in [6, 6.07) is 8.82. The molecule has 0 unspecified atom stereocenters. The van der Waals surface area contributed by atoms with E-state index in [0.717, 1.165) is 52.0 Å². The first-order chi connectivity index (χ1) is 11.4. The Morgan fingerprint density at radius 3 is 2.42 bits per heavy atom. The molecule has 3 heteroatoms. The van der Waals surface area contributed by atoms with E-state index in [-0.39, 0.29) is 5.92 Å². The van der Waals surface area contributed by atoms with E-state index in [1.54, 1.807) is 0 Å². The van der Waals surface area contributed by atoms with E-state index in [1.165, 1.54) is 17.5 Å². The van der Waals surface area contributed by atoms with Crippen molar-refractivity contribution in [3.63, 3.8) is 0 Å². The molecule has 2 fully saturated rings. The van der Waals surface area contributed by atoms with Crippen LogP contribution in [0.4, 0.5) is 0 Å². The summed E-state index contributed by atoms with van der Waals surface area (Å²) in [7, 11) is 0. The molecule has 0 spiro atoms. The molecule has 1 aromatic rings. The van der Waals surface area contributed by atoms with E-state index in [4.69, 9.17) is 0 Å². The fourth-order valence-corrected chi connectivity index (χ4v) is 4.16. The van der Waals surface area contributed by atoms with Gasteiger partial charge in [-0.05, 0) is 56.7 Å². The van der Waals surface area contributed by atoms with Gasteiger partial charge in [0, 0.05) is 25.6 Å². The summed E-state index contributed by atoms with van der Waals surface area (Å²) < 4.78 is 0. The van der Waals surface area contributed by atoms with E-state index in [0.29, 0.717) is 11.3 Å². The zero-order chi connectivity index (χ0) is 17.2. The van der Waals surface area contributed by atoms with Gasteiger partial charge in [0.05, 0.1) is 0 Å². The Morgan fingerprint density at radius 1 is 1.12 bits per heavy atom. The van der Waals surface area contributed by atoms with Gasteiger partial charge in [-0.3, -0.25) is 9.69 Å². The highest BCUT2D eigenvalue weighted by Crippen LogP contribution is 2.30. The minimum atomic E-state index is 0.244. The molecule has 0 aliphatic carbocycles. The van der Waals surface area contributed by atoms with Gasteiger partial charge in [0.25, 0.3) is 0 Å². The molecule has 3 rings (SSSR count). The van der Waals surface area contributed by atoms with Crippen LogP contribution >= 0.6 is 0 Å². The maximum Gasteiger partial charge on any atom is 0.225 e. The molecule has 1 amide bonds. The van der Waals surface area contributed by atoms with Crippen LogP contribution in [0.15, 0.2) is 24.3 Å². The van der Waals surface area contributed by atoms with Crippen LogP contribution in [0.25, 0.3) is 0 Å². The second kappa shape index (κ2) is 7.26. The Morgan fingerprint density at radius 2 is 1.79 bits per heavy atom. The summed E-state index contributed by atoms with van der Waals surface area (Å²) in [6.07, 6.45) is 4.43. The fourth-order valence-electron chi connectivity index (χ4n) is 4.16. The average Bonchev–Trinajstić information content (AvgIpc) is 2.56. The summed E-state index contributed by atoms with van der Waals surface area (Å²) in [5.41, 5.74) is 2.98. The molecule has 0 bridgehead atoms. The second-order valence-electron chi connectivity index (χ2n) is 8.56. The molecule has 0 aromatic heterocycles. The smallest absolute Gasteiger partial charge is 0.225 e. The van der Waals surface area contributed by atoms with Crippen LogP contribution in [-0.4, -0.2) is 41.9 Å². The maximum atomic E-state index is 12.9. The van der Waals surface area contributed by atoms with Gasteiger partial charge in [0.1, 0.15) is 0 Å². The van der Waals surface area contributed by atoms with E-state index in [2.05, 4.69) is 54.8 Å². The van der Waals surface area contributed by atoms with Gasteiger partial charge in [-0.15, -0.1) is 0 Å². The number of nitrogens with zero attached hydrogens (tertiary/aromatic N) is 2. The minimum absolute atomic E-state index is 0.244. The largest absolute Gasteiger partial charge is 0.342 e. The Bertz CT molecular complexity index is 556. The molecular formula is C21H32N2O. The molecule has 0 N–H and O–H groups in total. The number of likely N-dealkylation sites (tertiary alicyclic amines) is 2. The molecule has 1 aromatic carbocycles. The summed E-state index contributed by atoms with van der Waals surface area (Å²) in [5.74, 6) is 0.658. The van der Waals surface area contributed by atoms with Gasteiger partial charge < -0.3 is 4.90 Å². The molecule has 2 aliphatic heterocycles. The van der Waals surface area contributed by atoms with Gasteiger partial charge in [-0.25, -0.2) is 0 Å². The molecule has 0 saturated carbocycles. The maximum absolute atomic E-state index is 12.9. The number of carbonyl (C=O) groups is 1. The van der Waals surface area contributed by atoms with Crippen molar-refractivity contribution in [2.24, 2.45) is 11.3 Å². The Labute approximate surface area is 147 Å². The van der Waals surface area contributed by atoms with Crippen LogP contribution in [-0.2, 0) is 11.3 Å². The second-order valence-corrected chi connectivity index (χ2v) is 8.56. The highest BCUT2D eigenvalue weighted by molar-refractivity contribution is 5.79. The number of hydrogen-bond acceptors (Lipinski definition) is 2. The Hall–Kier alpha value is -1.35.